The van der Waals surface area contributed by atoms with Gasteiger partial charge < -0.3 is 14.4 Å². The lowest BCUT2D eigenvalue weighted by Gasteiger charge is -2.35. The molecule has 3 rings (SSSR count). The Labute approximate surface area is 118 Å². The molecule has 1 atom stereocenters. The molecule has 102 valence electrons. The summed E-state index contributed by atoms with van der Waals surface area (Å²) in [6.45, 7) is 1.57. The molecule has 3 heteroatoms. The van der Waals surface area contributed by atoms with Crippen molar-refractivity contribution in [2.24, 2.45) is 0 Å². The Morgan fingerprint density at radius 3 is 2.65 bits per heavy atom. The third-order valence-electron chi connectivity index (χ3n) is 3.50. The largest absolute Gasteiger partial charge is 0.486 e. The Hall–Kier alpha value is -2.29. The third-order valence-corrected chi connectivity index (χ3v) is 3.50. The average molecular weight is 267 g/mol. The number of aldehydes is 1. The standard InChI is InChI=1S/C17H17NO2/c19-11-10-15-13-18(12-14-6-2-1-3-7-14)16-8-4-5-9-17(16)20-15/h1-9,11,15H,10,12-13H2. The SMILES string of the molecule is O=CCC1CN(Cc2ccccc2)c2ccccc2O1. The third kappa shape index (κ3) is 2.67. The van der Waals surface area contributed by atoms with Gasteiger partial charge >= 0.3 is 0 Å². The van der Waals surface area contributed by atoms with E-state index in [2.05, 4.69) is 23.1 Å². The average Bonchev–Trinajstić information content (AvgIpc) is 2.49. The van der Waals surface area contributed by atoms with Crippen LogP contribution in [0.15, 0.2) is 54.6 Å². The fourth-order valence-electron chi connectivity index (χ4n) is 2.56. The highest BCUT2D eigenvalue weighted by Crippen LogP contribution is 2.34. The Morgan fingerprint density at radius 2 is 1.85 bits per heavy atom. The van der Waals surface area contributed by atoms with Crippen LogP contribution in [0.25, 0.3) is 0 Å². The number of carbonyl (C=O) groups excluding carboxylic acids is 1. The molecule has 0 aromatic heterocycles. The molecule has 0 fully saturated rings. The van der Waals surface area contributed by atoms with E-state index in [4.69, 9.17) is 4.74 Å². The molecule has 0 N–H and O–H groups in total. The molecular weight excluding hydrogens is 250 g/mol. The molecule has 1 unspecified atom stereocenters. The molecule has 1 aliphatic heterocycles. The smallest absolute Gasteiger partial charge is 0.143 e. The summed E-state index contributed by atoms with van der Waals surface area (Å²) >= 11 is 0. The van der Waals surface area contributed by atoms with Gasteiger partial charge in [0.25, 0.3) is 0 Å². The van der Waals surface area contributed by atoms with Crippen molar-refractivity contribution in [1.82, 2.24) is 0 Å². The van der Waals surface area contributed by atoms with Crippen LogP contribution in [0, 0.1) is 0 Å². The zero-order valence-electron chi connectivity index (χ0n) is 11.2. The number of hydrogen-bond acceptors (Lipinski definition) is 3. The topological polar surface area (TPSA) is 29.5 Å². The molecular formula is C17H17NO2. The Morgan fingerprint density at radius 1 is 1.10 bits per heavy atom. The van der Waals surface area contributed by atoms with Crippen molar-refractivity contribution in [3.63, 3.8) is 0 Å². The second-order valence-corrected chi connectivity index (χ2v) is 4.98. The quantitative estimate of drug-likeness (QED) is 0.797. The molecule has 0 spiro atoms. The minimum Gasteiger partial charge on any atom is -0.486 e. The summed E-state index contributed by atoms with van der Waals surface area (Å²) in [5, 5.41) is 0. The van der Waals surface area contributed by atoms with E-state index in [1.165, 1.54) is 5.56 Å². The number of carbonyl (C=O) groups is 1. The molecule has 3 nitrogen and oxygen atoms in total. The predicted octanol–water partition coefficient (Wildman–Crippen LogP) is 3.04. The van der Waals surface area contributed by atoms with Crippen LogP contribution in [0.5, 0.6) is 5.75 Å². The molecule has 20 heavy (non-hydrogen) atoms. The first-order valence-electron chi connectivity index (χ1n) is 6.85. The molecule has 0 saturated carbocycles. The number of rotatable bonds is 4. The minimum atomic E-state index is -0.0638. The van der Waals surface area contributed by atoms with E-state index >= 15 is 0 Å². The Balaban J connectivity index is 1.86. The monoisotopic (exact) mass is 267 g/mol. The van der Waals surface area contributed by atoms with Crippen LogP contribution in [0.3, 0.4) is 0 Å². The molecule has 2 aromatic rings. The molecule has 2 aromatic carbocycles. The first-order chi connectivity index (χ1) is 9.86. The molecule has 0 bridgehead atoms. The van der Waals surface area contributed by atoms with Crippen molar-refractivity contribution in [3.8, 4) is 5.75 Å². The summed E-state index contributed by atoms with van der Waals surface area (Å²) in [6, 6.07) is 18.4. The van der Waals surface area contributed by atoms with E-state index in [1.54, 1.807) is 0 Å². The van der Waals surface area contributed by atoms with Crippen molar-refractivity contribution >= 4 is 12.0 Å². The Kier molecular flexibility index (Phi) is 3.68. The normalized spacial score (nSPS) is 17.2. The molecule has 0 radical (unpaired) electrons. The number of benzene rings is 2. The second kappa shape index (κ2) is 5.78. The number of ether oxygens (including phenoxy) is 1. The van der Waals surface area contributed by atoms with Crippen molar-refractivity contribution in [3.05, 3.63) is 60.2 Å². The van der Waals surface area contributed by atoms with E-state index in [1.807, 2.05) is 36.4 Å². The van der Waals surface area contributed by atoms with E-state index in [-0.39, 0.29) is 6.10 Å². The summed E-state index contributed by atoms with van der Waals surface area (Å²) in [6.07, 6.45) is 1.30. The summed E-state index contributed by atoms with van der Waals surface area (Å²) in [7, 11) is 0. The maximum Gasteiger partial charge on any atom is 0.143 e. The van der Waals surface area contributed by atoms with Crippen molar-refractivity contribution in [2.75, 3.05) is 11.4 Å². The van der Waals surface area contributed by atoms with Crippen LogP contribution in [0.4, 0.5) is 5.69 Å². The van der Waals surface area contributed by atoms with E-state index in [0.29, 0.717) is 6.42 Å². The lowest BCUT2D eigenvalue weighted by Crippen LogP contribution is -2.39. The number of anilines is 1. The number of hydrogen-bond donors (Lipinski definition) is 0. The lowest BCUT2D eigenvalue weighted by atomic mass is 10.1. The fourth-order valence-corrected chi connectivity index (χ4v) is 2.56. The van der Waals surface area contributed by atoms with Crippen LogP contribution in [0.2, 0.25) is 0 Å². The first kappa shape index (κ1) is 12.7. The lowest BCUT2D eigenvalue weighted by molar-refractivity contribution is -0.109. The molecule has 1 aliphatic rings. The molecule has 0 aliphatic carbocycles. The van der Waals surface area contributed by atoms with Gasteiger partial charge in [-0.1, -0.05) is 42.5 Å². The van der Waals surface area contributed by atoms with Gasteiger partial charge in [-0.3, -0.25) is 0 Å². The van der Waals surface area contributed by atoms with Gasteiger partial charge in [-0.25, -0.2) is 0 Å². The summed E-state index contributed by atoms with van der Waals surface area (Å²) in [5.41, 5.74) is 2.35. The maximum absolute atomic E-state index is 10.8. The van der Waals surface area contributed by atoms with Gasteiger partial charge in [0.05, 0.1) is 12.2 Å². The van der Waals surface area contributed by atoms with Gasteiger partial charge in [0.2, 0.25) is 0 Å². The van der Waals surface area contributed by atoms with Crippen LogP contribution in [0.1, 0.15) is 12.0 Å². The second-order valence-electron chi connectivity index (χ2n) is 4.98. The van der Waals surface area contributed by atoms with Crippen molar-refractivity contribution < 1.29 is 9.53 Å². The highest BCUT2D eigenvalue weighted by Gasteiger charge is 2.24. The number of para-hydroxylation sites is 2. The zero-order valence-corrected chi connectivity index (χ0v) is 11.2. The number of nitrogens with zero attached hydrogens (tertiary/aromatic N) is 1. The minimum absolute atomic E-state index is 0.0638. The van der Waals surface area contributed by atoms with E-state index in [0.717, 1.165) is 30.8 Å². The van der Waals surface area contributed by atoms with E-state index in [9.17, 15) is 4.79 Å². The summed E-state index contributed by atoms with van der Waals surface area (Å²) in [4.78, 5) is 13.0. The summed E-state index contributed by atoms with van der Waals surface area (Å²) < 4.78 is 5.87. The van der Waals surface area contributed by atoms with Crippen LogP contribution >= 0.6 is 0 Å². The summed E-state index contributed by atoms with van der Waals surface area (Å²) in [5.74, 6) is 0.863. The Bertz CT molecular complexity index is 583. The predicted molar refractivity (Wildman–Crippen MR) is 79.0 cm³/mol. The van der Waals surface area contributed by atoms with Crippen LogP contribution < -0.4 is 9.64 Å². The fraction of sp³-hybridized carbons (Fsp3) is 0.235. The first-order valence-corrected chi connectivity index (χ1v) is 6.85. The van der Waals surface area contributed by atoms with Gasteiger partial charge in [-0.2, -0.15) is 0 Å². The van der Waals surface area contributed by atoms with Gasteiger partial charge in [-0.05, 0) is 17.7 Å². The maximum atomic E-state index is 10.8. The van der Waals surface area contributed by atoms with Gasteiger partial charge in [0.1, 0.15) is 18.1 Å². The highest BCUT2D eigenvalue weighted by molar-refractivity contribution is 5.61. The molecule has 1 heterocycles. The van der Waals surface area contributed by atoms with Crippen LogP contribution in [-0.2, 0) is 11.3 Å². The zero-order chi connectivity index (χ0) is 13.8. The number of fused-ring (bicyclic) bond motifs is 1. The van der Waals surface area contributed by atoms with Gasteiger partial charge in [0.15, 0.2) is 0 Å². The van der Waals surface area contributed by atoms with Gasteiger partial charge in [0, 0.05) is 13.0 Å². The van der Waals surface area contributed by atoms with E-state index < -0.39 is 0 Å². The molecule has 0 saturated heterocycles. The molecule has 0 amide bonds. The van der Waals surface area contributed by atoms with Gasteiger partial charge in [-0.15, -0.1) is 0 Å². The highest BCUT2D eigenvalue weighted by atomic mass is 16.5. The van der Waals surface area contributed by atoms with Crippen molar-refractivity contribution in [1.29, 1.82) is 0 Å². The van der Waals surface area contributed by atoms with Crippen molar-refractivity contribution in [2.45, 2.75) is 19.1 Å². The van der Waals surface area contributed by atoms with Crippen LogP contribution in [-0.4, -0.2) is 18.9 Å².